The first kappa shape index (κ1) is 15.1. The van der Waals surface area contributed by atoms with Crippen LogP contribution in [0.25, 0.3) is 0 Å². The summed E-state index contributed by atoms with van der Waals surface area (Å²) in [5, 5.41) is 0. The van der Waals surface area contributed by atoms with Gasteiger partial charge in [0.15, 0.2) is 4.77 Å². The van der Waals surface area contributed by atoms with Crippen LogP contribution in [0.2, 0.25) is 0 Å². The third-order valence-electron chi connectivity index (χ3n) is 2.95. The van der Waals surface area contributed by atoms with Crippen LogP contribution in [0.3, 0.4) is 0 Å². The fourth-order valence-corrected chi connectivity index (χ4v) is 2.21. The van der Waals surface area contributed by atoms with E-state index < -0.39 is 0 Å². The lowest BCUT2D eigenvalue weighted by Crippen LogP contribution is -2.18. The molecule has 0 saturated heterocycles. The largest absolute Gasteiger partial charge is 0.378 e. The molecule has 1 aromatic heterocycles. The summed E-state index contributed by atoms with van der Waals surface area (Å²) in [6.07, 6.45) is 6.70. The molecule has 1 aromatic rings. The van der Waals surface area contributed by atoms with E-state index in [2.05, 4.69) is 16.9 Å². The van der Waals surface area contributed by atoms with Crippen molar-refractivity contribution < 1.29 is 4.74 Å². The molecular weight excluding hydrogens is 248 g/mol. The average molecular weight is 270 g/mol. The second-order valence-electron chi connectivity index (χ2n) is 4.46. The zero-order valence-corrected chi connectivity index (χ0v) is 12.0. The maximum absolute atomic E-state index is 11.9. The van der Waals surface area contributed by atoms with Gasteiger partial charge in [0.2, 0.25) is 0 Å². The van der Waals surface area contributed by atoms with Gasteiger partial charge < -0.3 is 9.72 Å². The smallest absolute Gasteiger partial charge is 0.255 e. The van der Waals surface area contributed by atoms with Crippen molar-refractivity contribution in [3.63, 3.8) is 0 Å². The molecule has 0 radical (unpaired) electrons. The van der Waals surface area contributed by atoms with E-state index in [-0.39, 0.29) is 5.56 Å². The van der Waals surface area contributed by atoms with E-state index in [1.165, 1.54) is 19.3 Å². The van der Waals surface area contributed by atoms with Crippen molar-refractivity contribution in [1.29, 1.82) is 0 Å². The van der Waals surface area contributed by atoms with Crippen LogP contribution < -0.4 is 5.56 Å². The zero-order valence-electron chi connectivity index (χ0n) is 11.2. The van der Waals surface area contributed by atoms with Crippen LogP contribution in [-0.4, -0.2) is 17.1 Å². The molecule has 2 N–H and O–H groups in total. The van der Waals surface area contributed by atoms with Crippen molar-refractivity contribution in [3.05, 3.63) is 26.4 Å². The highest BCUT2D eigenvalue weighted by Gasteiger charge is 2.07. The molecule has 0 bridgehead atoms. The number of methoxy groups -OCH3 is 1. The van der Waals surface area contributed by atoms with Crippen LogP contribution in [-0.2, 0) is 17.8 Å². The number of hydrogen-bond acceptors (Lipinski definition) is 3. The third-order valence-corrected chi connectivity index (χ3v) is 3.15. The van der Waals surface area contributed by atoms with E-state index in [0.29, 0.717) is 11.4 Å². The lowest BCUT2D eigenvalue weighted by atomic mass is 10.1. The third kappa shape index (κ3) is 4.74. The Labute approximate surface area is 113 Å². The van der Waals surface area contributed by atoms with Crippen molar-refractivity contribution in [1.82, 2.24) is 9.97 Å². The predicted octanol–water partition coefficient (Wildman–Crippen LogP) is 3.09. The molecule has 0 atom stereocenters. The van der Waals surface area contributed by atoms with Gasteiger partial charge in [-0.1, -0.05) is 32.6 Å². The quantitative estimate of drug-likeness (QED) is 0.564. The molecular formula is C13H22N2O2S. The maximum Gasteiger partial charge on any atom is 0.255 e. The van der Waals surface area contributed by atoms with E-state index in [0.717, 1.165) is 30.5 Å². The van der Waals surface area contributed by atoms with Crippen LogP contribution in [0.5, 0.6) is 0 Å². The van der Waals surface area contributed by atoms with Crippen molar-refractivity contribution in [2.24, 2.45) is 0 Å². The minimum Gasteiger partial charge on any atom is -0.378 e. The minimum atomic E-state index is -0.0821. The molecule has 102 valence electrons. The molecule has 0 aliphatic heterocycles. The fourth-order valence-electron chi connectivity index (χ4n) is 2.00. The summed E-state index contributed by atoms with van der Waals surface area (Å²) in [4.78, 5) is 17.5. The summed E-state index contributed by atoms with van der Waals surface area (Å²) in [6.45, 7) is 2.59. The van der Waals surface area contributed by atoms with E-state index in [1.807, 2.05) is 0 Å². The lowest BCUT2D eigenvalue weighted by Gasteiger charge is -2.07. The Kier molecular flexibility index (Phi) is 6.90. The van der Waals surface area contributed by atoms with Gasteiger partial charge in [-0.2, -0.15) is 0 Å². The monoisotopic (exact) mass is 270 g/mol. The highest BCUT2D eigenvalue weighted by Crippen LogP contribution is 2.09. The molecule has 0 spiro atoms. The number of hydrogen-bond donors (Lipinski definition) is 2. The molecule has 18 heavy (non-hydrogen) atoms. The molecule has 0 fully saturated rings. The number of aromatic amines is 2. The first-order valence-electron chi connectivity index (χ1n) is 6.52. The summed E-state index contributed by atoms with van der Waals surface area (Å²) in [5.74, 6) is 0. The molecule has 4 nitrogen and oxygen atoms in total. The number of rotatable bonds is 8. The van der Waals surface area contributed by atoms with Crippen molar-refractivity contribution in [3.8, 4) is 0 Å². The number of unbranched alkanes of at least 4 members (excludes halogenated alkanes) is 4. The summed E-state index contributed by atoms with van der Waals surface area (Å²) < 4.78 is 5.46. The Balaban J connectivity index is 2.68. The summed E-state index contributed by atoms with van der Waals surface area (Å²) in [5.41, 5.74) is 1.50. The van der Waals surface area contributed by atoms with Gasteiger partial charge in [-0.25, -0.2) is 0 Å². The molecule has 0 unspecified atom stereocenters. The van der Waals surface area contributed by atoms with Crippen LogP contribution in [0.1, 0.15) is 50.3 Å². The topological polar surface area (TPSA) is 57.9 Å². The number of aromatic nitrogens is 2. The summed E-state index contributed by atoms with van der Waals surface area (Å²) >= 11 is 4.96. The maximum atomic E-state index is 11.9. The van der Waals surface area contributed by atoms with Crippen molar-refractivity contribution >= 4 is 12.2 Å². The molecule has 0 saturated carbocycles. The molecule has 0 aromatic carbocycles. The van der Waals surface area contributed by atoms with Gasteiger partial charge in [-0.05, 0) is 25.1 Å². The lowest BCUT2D eigenvalue weighted by molar-refractivity contribution is 0.180. The standard InChI is InChI=1S/C13H22N2O2S/c1-3-4-5-6-7-8-10-11(9-17-2)14-13(18)15-12(10)16/h3-9H2,1-2H3,(H2,14,15,16,18). The Morgan fingerprint density at radius 1 is 1.17 bits per heavy atom. The van der Waals surface area contributed by atoms with Gasteiger partial charge in [0, 0.05) is 12.7 Å². The van der Waals surface area contributed by atoms with E-state index in [9.17, 15) is 4.79 Å². The molecule has 0 aliphatic rings. The predicted molar refractivity (Wildman–Crippen MR) is 75.4 cm³/mol. The van der Waals surface area contributed by atoms with E-state index in [4.69, 9.17) is 17.0 Å². The van der Waals surface area contributed by atoms with Gasteiger partial charge in [-0.3, -0.25) is 9.78 Å². The highest BCUT2D eigenvalue weighted by molar-refractivity contribution is 7.71. The molecule has 1 rings (SSSR count). The summed E-state index contributed by atoms with van der Waals surface area (Å²) in [6, 6.07) is 0. The van der Waals surface area contributed by atoms with Crippen molar-refractivity contribution in [2.75, 3.05) is 7.11 Å². The Hall–Kier alpha value is -0.940. The number of ether oxygens (including phenoxy) is 1. The van der Waals surface area contributed by atoms with E-state index in [1.54, 1.807) is 7.11 Å². The molecule has 1 heterocycles. The SMILES string of the molecule is CCCCCCCc1c(COC)[nH]c(=S)[nH]c1=O. The van der Waals surface area contributed by atoms with Crippen LogP contribution >= 0.6 is 12.2 Å². The van der Waals surface area contributed by atoms with Gasteiger partial charge in [-0.15, -0.1) is 0 Å². The molecule has 0 aliphatic carbocycles. The average Bonchev–Trinajstić information content (AvgIpc) is 2.32. The van der Waals surface area contributed by atoms with Crippen LogP contribution in [0, 0.1) is 4.77 Å². The van der Waals surface area contributed by atoms with Crippen LogP contribution in [0.15, 0.2) is 4.79 Å². The zero-order chi connectivity index (χ0) is 13.4. The molecule has 5 heteroatoms. The highest BCUT2D eigenvalue weighted by atomic mass is 32.1. The fraction of sp³-hybridized carbons (Fsp3) is 0.692. The van der Waals surface area contributed by atoms with Crippen LogP contribution in [0.4, 0.5) is 0 Å². The minimum absolute atomic E-state index is 0.0821. The van der Waals surface area contributed by atoms with Gasteiger partial charge in [0.05, 0.1) is 12.3 Å². The van der Waals surface area contributed by atoms with Gasteiger partial charge in [0.1, 0.15) is 0 Å². The van der Waals surface area contributed by atoms with Gasteiger partial charge in [0.25, 0.3) is 5.56 Å². The number of nitrogens with one attached hydrogen (secondary N) is 2. The number of H-pyrrole nitrogens is 2. The molecule has 0 amide bonds. The first-order chi connectivity index (χ1) is 8.69. The normalized spacial score (nSPS) is 10.8. The van der Waals surface area contributed by atoms with E-state index >= 15 is 0 Å². The second-order valence-corrected chi connectivity index (χ2v) is 4.87. The first-order valence-corrected chi connectivity index (χ1v) is 6.93. The van der Waals surface area contributed by atoms with Gasteiger partial charge >= 0.3 is 0 Å². The Morgan fingerprint density at radius 2 is 1.89 bits per heavy atom. The Bertz CT molecular complexity index is 465. The Morgan fingerprint density at radius 3 is 2.56 bits per heavy atom. The second kappa shape index (κ2) is 8.21. The summed E-state index contributed by atoms with van der Waals surface area (Å²) in [7, 11) is 1.61. The van der Waals surface area contributed by atoms with Crippen molar-refractivity contribution in [2.45, 2.75) is 52.1 Å².